The minimum atomic E-state index is -4.72. The summed E-state index contributed by atoms with van der Waals surface area (Å²) >= 11 is 0. The predicted octanol–water partition coefficient (Wildman–Crippen LogP) is 2.35. The maximum Gasteiger partial charge on any atom is 0.426 e. The van der Waals surface area contributed by atoms with Gasteiger partial charge in [-0.1, -0.05) is 19.8 Å². The van der Waals surface area contributed by atoms with Crippen LogP contribution in [0.2, 0.25) is 0 Å². The van der Waals surface area contributed by atoms with E-state index < -0.39 is 17.7 Å². The first-order valence-electron chi connectivity index (χ1n) is 9.18. The molecule has 2 saturated heterocycles. The molecule has 0 aliphatic carbocycles. The molecule has 5 nitrogen and oxygen atoms in total. The van der Waals surface area contributed by atoms with Crippen LogP contribution in [0.4, 0.5) is 13.2 Å². The van der Waals surface area contributed by atoms with E-state index in [0.29, 0.717) is 39.0 Å². The molecule has 1 N–H and O–H groups in total. The molecule has 0 aromatic heterocycles. The van der Waals surface area contributed by atoms with Gasteiger partial charge in [-0.25, -0.2) is 0 Å². The number of carbonyl (C=O) groups excluding carboxylic acids is 1. The number of amides is 1. The van der Waals surface area contributed by atoms with Crippen LogP contribution < -0.4 is 5.32 Å². The standard InChI is InChI=1S/C17H29F3N2O3/c1-2-4-14-5-3-10-25-16(13-14,17(18,19)20)15(23)21-6-7-22-8-11-24-12-9-22/h14H,2-13H2,1H3,(H,21,23)/t14-,16+/m1/s1. The largest absolute Gasteiger partial charge is 0.426 e. The van der Waals surface area contributed by atoms with Crippen LogP contribution in [0.15, 0.2) is 0 Å². The van der Waals surface area contributed by atoms with Gasteiger partial charge in [-0.2, -0.15) is 13.2 Å². The van der Waals surface area contributed by atoms with Gasteiger partial charge in [-0.15, -0.1) is 0 Å². The number of halogens is 3. The van der Waals surface area contributed by atoms with Crippen molar-refractivity contribution in [3.63, 3.8) is 0 Å². The summed E-state index contributed by atoms with van der Waals surface area (Å²) in [6.07, 6.45) is -2.28. The smallest absolute Gasteiger partial charge is 0.379 e. The molecule has 2 rings (SSSR count). The topological polar surface area (TPSA) is 50.8 Å². The second-order valence-corrected chi connectivity index (χ2v) is 6.88. The maximum absolute atomic E-state index is 13.8. The average Bonchev–Trinajstić information content (AvgIpc) is 2.79. The third-order valence-electron chi connectivity index (χ3n) is 5.02. The van der Waals surface area contributed by atoms with Crippen molar-refractivity contribution in [1.29, 1.82) is 0 Å². The van der Waals surface area contributed by atoms with Crippen LogP contribution in [-0.2, 0) is 14.3 Å². The van der Waals surface area contributed by atoms with Gasteiger partial charge in [0.15, 0.2) is 0 Å². The van der Waals surface area contributed by atoms with Crippen molar-refractivity contribution in [3.8, 4) is 0 Å². The Balaban J connectivity index is 2.00. The minimum absolute atomic E-state index is 0.0311. The lowest BCUT2D eigenvalue weighted by Gasteiger charge is -2.35. The van der Waals surface area contributed by atoms with E-state index >= 15 is 0 Å². The summed E-state index contributed by atoms with van der Waals surface area (Å²) in [5.41, 5.74) is -2.71. The molecular formula is C17H29F3N2O3. The van der Waals surface area contributed by atoms with E-state index in [1.165, 1.54) is 0 Å². The first-order chi connectivity index (χ1) is 11.9. The van der Waals surface area contributed by atoms with Crippen LogP contribution in [0.5, 0.6) is 0 Å². The molecule has 0 saturated carbocycles. The summed E-state index contributed by atoms with van der Waals surface area (Å²) in [7, 11) is 0. The Morgan fingerprint density at radius 2 is 2.00 bits per heavy atom. The Labute approximate surface area is 147 Å². The van der Waals surface area contributed by atoms with E-state index in [1.807, 2.05) is 6.92 Å². The average molecular weight is 366 g/mol. The molecule has 146 valence electrons. The van der Waals surface area contributed by atoms with Gasteiger partial charge in [0.1, 0.15) is 0 Å². The second-order valence-electron chi connectivity index (χ2n) is 6.88. The monoisotopic (exact) mass is 366 g/mol. The van der Waals surface area contributed by atoms with Crippen LogP contribution in [0.25, 0.3) is 0 Å². The lowest BCUT2D eigenvalue weighted by Crippen LogP contribution is -2.60. The second kappa shape index (κ2) is 9.19. The molecule has 2 heterocycles. The molecule has 2 aliphatic heterocycles. The highest BCUT2D eigenvalue weighted by Gasteiger charge is 2.62. The zero-order valence-electron chi connectivity index (χ0n) is 14.9. The third-order valence-corrected chi connectivity index (χ3v) is 5.02. The van der Waals surface area contributed by atoms with E-state index in [0.717, 1.165) is 19.5 Å². The lowest BCUT2D eigenvalue weighted by molar-refractivity contribution is -0.269. The molecule has 2 aliphatic rings. The Morgan fingerprint density at radius 3 is 2.64 bits per heavy atom. The molecule has 0 unspecified atom stereocenters. The molecular weight excluding hydrogens is 337 g/mol. The van der Waals surface area contributed by atoms with Gasteiger partial charge < -0.3 is 14.8 Å². The molecule has 0 aromatic carbocycles. The zero-order valence-corrected chi connectivity index (χ0v) is 14.9. The van der Waals surface area contributed by atoms with Crippen LogP contribution in [0.3, 0.4) is 0 Å². The van der Waals surface area contributed by atoms with Crippen molar-refractivity contribution < 1.29 is 27.4 Å². The molecule has 0 spiro atoms. The Kier molecular flexibility index (Phi) is 7.51. The number of ether oxygens (including phenoxy) is 2. The number of hydrogen-bond donors (Lipinski definition) is 1. The molecule has 0 bridgehead atoms. The highest BCUT2D eigenvalue weighted by molar-refractivity contribution is 5.86. The first kappa shape index (κ1) is 20.5. The molecule has 1 amide bonds. The van der Waals surface area contributed by atoms with Crippen molar-refractivity contribution in [2.24, 2.45) is 5.92 Å². The van der Waals surface area contributed by atoms with Gasteiger partial charge in [0.05, 0.1) is 13.2 Å². The number of hydrogen-bond acceptors (Lipinski definition) is 4. The number of rotatable bonds is 6. The fourth-order valence-corrected chi connectivity index (χ4v) is 3.62. The number of nitrogens with one attached hydrogen (secondary N) is 1. The lowest BCUT2D eigenvalue weighted by atomic mass is 9.85. The normalized spacial score (nSPS) is 29.2. The fourth-order valence-electron chi connectivity index (χ4n) is 3.62. The summed E-state index contributed by atoms with van der Waals surface area (Å²) in [4.78, 5) is 14.6. The van der Waals surface area contributed by atoms with E-state index in [2.05, 4.69) is 10.2 Å². The van der Waals surface area contributed by atoms with Gasteiger partial charge in [0.2, 0.25) is 5.60 Å². The molecule has 2 atom stereocenters. The van der Waals surface area contributed by atoms with Crippen molar-refractivity contribution in [1.82, 2.24) is 10.2 Å². The van der Waals surface area contributed by atoms with E-state index in [4.69, 9.17) is 9.47 Å². The van der Waals surface area contributed by atoms with E-state index in [1.54, 1.807) is 0 Å². The van der Waals surface area contributed by atoms with Crippen molar-refractivity contribution in [2.45, 2.75) is 50.8 Å². The van der Waals surface area contributed by atoms with Gasteiger partial charge >= 0.3 is 6.18 Å². The van der Waals surface area contributed by atoms with E-state index in [9.17, 15) is 18.0 Å². The molecule has 2 fully saturated rings. The number of alkyl halides is 3. The van der Waals surface area contributed by atoms with Crippen LogP contribution in [0, 0.1) is 5.92 Å². The maximum atomic E-state index is 13.8. The quantitative estimate of drug-likeness (QED) is 0.784. The van der Waals surface area contributed by atoms with Crippen LogP contribution in [-0.4, -0.2) is 68.6 Å². The van der Waals surface area contributed by atoms with Crippen molar-refractivity contribution in [2.75, 3.05) is 46.0 Å². The summed E-state index contributed by atoms with van der Waals surface area (Å²) < 4.78 is 51.8. The fraction of sp³-hybridized carbons (Fsp3) is 0.941. The summed E-state index contributed by atoms with van der Waals surface area (Å²) in [6.45, 7) is 5.30. The Morgan fingerprint density at radius 1 is 1.28 bits per heavy atom. The third kappa shape index (κ3) is 5.31. The number of morpholine rings is 1. The van der Waals surface area contributed by atoms with Crippen LogP contribution in [0.1, 0.15) is 39.0 Å². The van der Waals surface area contributed by atoms with Gasteiger partial charge in [0, 0.05) is 32.8 Å². The number of carbonyl (C=O) groups is 1. The minimum Gasteiger partial charge on any atom is -0.379 e. The Hall–Kier alpha value is -0.860. The van der Waals surface area contributed by atoms with Gasteiger partial charge in [-0.3, -0.25) is 9.69 Å². The highest BCUT2D eigenvalue weighted by Crippen LogP contribution is 2.42. The first-order valence-corrected chi connectivity index (χ1v) is 9.18. The van der Waals surface area contributed by atoms with Crippen molar-refractivity contribution >= 4 is 5.91 Å². The molecule has 8 heteroatoms. The SMILES string of the molecule is CCC[C@@H]1CCCO[C@@](C(=O)NCCN2CCOCC2)(C(F)(F)F)C1. The Bertz CT molecular complexity index is 428. The van der Waals surface area contributed by atoms with Gasteiger partial charge in [0.25, 0.3) is 5.91 Å². The molecule has 0 aromatic rings. The van der Waals surface area contributed by atoms with Crippen LogP contribution >= 0.6 is 0 Å². The van der Waals surface area contributed by atoms with E-state index in [-0.39, 0.29) is 25.5 Å². The predicted molar refractivity (Wildman–Crippen MR) is 87.3 cm³/mol. The summed E-state index contributed by atoms with van der Waals surface area (Å²) in [5.74, 6) is -1.18. The van der Waals surface area contributed by atoms with Gasteiger partial charge in [-0.05, 0) is 25.2 Å². The zero-order chi connectivity index (χ0) is 18.3. The molecule has 0 radical (unpaired) electrons. The number of nitrogens with zero attached hydrogens (tertiary/aromatic N) is 1. The molecule has 25 heavy (non-hydrogen) atoms. The highest BCUT2D eigenvalue weighted by atomic mass is 19.4. The summed E-state index contributed by atoms with van der Waals surface area (Å²) in [5, 5.41) is 2.47. The summed E-state index contributed by atoms with van der Waals surface area (Å²) in [6, 6.07) is 0. The van der Waals surface area contributed by atoms with Crippen molar-refractivity contribution in [3.05, 3.63) is 0 Å².